The molecular weight excluding hydrogens is 288 g/mol. The fraction of sp³-hybridized carbons (Fsp3) is 0.333. The first kappa shape index (κ1) is 15.7. The van der Waals surface area contributed by atoms with Crippen LogP contribution in [0.4, 0.5) is 5.69 Å². The lowest BCUT2D eigenvalue weighted by molar-refractivity contribution is -0.145. The van der Waals surface area contributed by atoms with E-state index >= 15 is 0 Å². The molecule has 0 saturated carbocycles. The average molecular weight is 304 g/mol. The largest absolute Gasteiger partial charge is 0.460 e. The number of ketones is 1. The number of rotatable bonds is 4. The zero-order valence-electron chi connectivity index (χ0n) is 12.4. The molecule has 1 aromatic carbocycles. The van der Waals surface area contributed by atoms with Crippen LogP contribution in [0.15, 0.2) is 24.3 Å². The zero-order chi connectivity index (χ0) is 16.3. The number of likely N-dealkylation sites (N-methyl/N-ethyl adjacent to an activating group) is 1. The van der Waals surface area contributed by atoms with Crippen LogP contribution < -0.4 is 4.90 Å². The van der Waals surface area contributed by atoms with Crippen molar-refractivity contribution in [1.29, 1.82) is 0 Å². The van der Waals surface area contributed by atoms with E-state index in [0.29, 0.717) is 6.54 Å². The maximum Gasteiger partial charge on any atom is 0.379 e. The van der Waals surface area contributed by atoms with Crippen molar-refractivity contribution in [2.24, 2.45) is 0 Å². The summed E-state index contributed by atoms with van der Waals surface area (Å²) in [7, 11) is 1.53. The van der Waals surface area contributed by atoms with Gasteiger partial charge in [-0.25, -0.2) is 4.79 Å². The predicted molar refractivity (Wildman–Crippen MR) is 77.4 cm³/mol. The van der Waals surface area contributed by atoms with Crippen LogP contribution in [0, 0.1) is 0 Å². The minimum atomic E-state index is -0.983. The number of amides is 2. The molecule has 0 bridgehead atoms. The summed E-state index contributed by atoms with van der Waals surface area (Å²) >= 11 is 0. The van der Waals surface area contributed by atoms with E-state index in [1.54, 1.807) is 19.1 Å². The molecule has 1 aromatic rings. The van der Waals surface area contributed by atoms with Gasteiger partial charge >= 0.3 is 17.8 Å². The molecule has 1 saturated heterocycles. The molecule has 0 N–H and O–H groups in total. The number of Topliss-reactive ketones (excluding diaryl/α,β-unsaturated/α-hetero) is 1. The number of hydrogen-bond donors (Lipinski definition) is 0. The smallest absolute Gasteiger partial charge is 0.379 e. The molecule has 2 rings (SSSR count). The zero-order valence-corrected chi connectivity index (χ0v) is 12.4. The van der Waals surface area contributed by atoms with Gasteiger partial charge in [-0.05, 0) is 19.1 Å². The van der Waals surface area contributed by atoms with Crippen molar-refractivity contribution >= 4 is 29.3 Å². The van der Waals surface area contributed by atoms with E-state index in [9.17, 15) is 19.2 Å². The highest BCUT2D eigenvalue weighted by Gasteiger charge is 2.34. The lowest BCUT2D eigenvalue weighted by Crippen LogP contribution is -2.53. The first-order valence-corrected chi connectivity index (χ1v) is 6.84. The van der Waals surface area contributed by atoms with E-state index in [0.717, 1.165) is 0 Å². The first-order chi connectivity index (χ1) is 10.5. The second-order valence-electron chi connectivity index (χ2n) is 4.75. The summed E-state index contributed by atoms with van der Waals surface area (Å²) in [5.41, 5.74) is 0.290. The van der Waals surface area contributed by atoms with Crippen LogP contribution in [0.2, 0.25) is 0 Å². The number of hydrogen-bond acceptors (Lipinski definition) is 5. The number of carbonyl (C=O) groups excluding carboxylic acids is 4. The minimum absolute atomic E-state index is 0.0478. The highest BCUT2D eigenvalue weighted by atomic mass is 16.5. The Morgan fingerprint density at radius 3 is 2.50 bits per heavy atom. The number of benzene rings is 1. The Balaban J connectivity index is 2.37. The molecule has 2 amide bonds. The number of para-hydroxylation sites is 1. The summed E-state index contributed by atoms with van der Waals surface area (Å²) < 4.78 is 4.70. The van der Waals surface area contributed by atoms with Gasteiger partial charge in [-0.2, -0.15) is 0 Å². The summed E-state index contributed by atoms with van der Waals surface area (Å²) in [6, 6.07) is 6.18. The maximum atomic E-state index is 12.1. The Kier molecular flexibility index (Phi) is 4.55. The monoisotopic (exact) mass is 304 g/mol. The SMILES string of the molecule is CCOC(=O)C(=O)c1ccccc1N1CCN(C)C(=O)C1=O. The average Bonchev–Trinajstić information content (AvgIpc) is 2.52. The number of piperazine rings is 1. The third kappa shape index (κ3) is 2.83. The second kappa shape index (κ2) is 6.38. The summed E-state index contributed by atoms with van der Waals surface area (Å²) in [5.74, 6) is -3.19. The Morgan fingerprint density at radius 2 is 1.82 bits per heavy atom. The van der Waals surface area contributed by atoms with Gasteiger partial charge in [0, 0.05) is 20.1 Å². The van der Waals surface area contributed by atoms with Crippen molar-refractivity contribution < 1.29 is 23.9 Å². The fourth-order valence-electron chi connectivity index (χ4n) is 2.17. The molecule has 1 aliphatic rings. The molecule has 7 nitrogen and oxygen atoms in total. The minimum Gasteiger partial charge on any atom is -0.460 e. The van der Waals surface area contributed by atoms with Crippen LogP contribution in [0.1, 0.15) is 17.3 Å². The first-order valence-electron chi connectivity index (χ1n) is 6.84. The number of carbonyl (C=O) groups is 4. The molecule has 1 aliphatic heterocycles. The van der Waals surface area contributed by atoms with Crippen LogP contribution in [-0.2, 0) is 19.1 Å². The van der Waals surface area contributed by atoms with Crippen LogP contribution >= 0.6 is 0 Å². The molecule has 1 fully saturated rings. The van der Waals surface area contributed by atoms with Crippen molar-refractivity contribution in [3.63, 3.8) is 0 Å². The Labute approximate surface area is 127 Å². The van der Waals surface area contributed by atoms with E-state index in [1.165, 1.54) is 29.0 Å². The molecule has 7 heteroatoms. The van der Waals surface area contributed by atoms with E-state index < -0.39 is 23.6 Å². The summed E-state index contributed by atoms with van der Waals surface area (Å²) in [6.45, 7) is 2.29. The van der Waals surface area contributed by atoms with Crippen molar-refractivity contribution in [2.45, 2.75) is 6.92 Å². The van der Waals surface area contributed by atoms with Gasteiger partial charge in [0.1, 0.15) is 0 Å². The highest BCUT2D eigenvalue weighted by molar-refractivity contribution is 6.44. The fourth-order valence-corrected chi connectivity index (χ4v) is 2.17. The molecule has 0 aromatic heterocycles. The van der Waals surface area contributed by atoms with Gasteiger partial charge in [0.2, 0.25) is 0 Å². The van der Waals surface area contributed by atoms with Gasteiger partial charge in [0.15, 0.2) is 0 Å². The number of anilines is 1. The van der Waals surface area contributed by atoms with E-state index in [-0.39, 0.29) is 24.4 Å². The Hall–Kier alpha value is -2.70. The van der Waals surface area contributed by atoms with Crippen molar-refractivity contribution in [2.75, 3.05) is 31.6 Å². The number of nitrogens with zero attached hydrogens (tertiary/aromatic N) is 2. The normalized spacial score (nSPS) is 15.0. The topological polar surface area (TPSA) is 84.0 Å². The van der Waals surface area contributed by atoms with Gasteiger partial charge < -0.3 is 14.5 Å². The summed E-state index contributed by atoms with van der Waals surface area (Å²) in [5, 5.41) is 0. The molecule has 22 heavy (non-hydrogen) atoms. The molecule has 0 unspecified atom stereocenters. The quantitative estimate of drug-likeness (QED) is 0.452. The predicted octanol–water partition coefficient (Wildman–Crippen LogP) is 0.237. The molecule has 0 atom stereocenters. The van der Waals surface area contributed by atoms with E-state index in [2.05, 4.69) is 0 Å². The molecule has 1 heterocycles. The second-order valence-corrected chi connectivity index (χ2v) is 4.75. The standard InChI is InChI=1S/C15H16N2O5/c1-3-22-15(21)12(18)10-6-4-5-7-11(10)17-9-8-16(2)13(19)14(17)20/h4-7H,3,8-9H2,1-2H3. The van der Waals surface area contributed by atoms with Gasteiger partial charge in [0.05, 0.1) is 17.9 Å². The summed E-state index contributed by atoms with van der Waals surface area (Å²) in [4.78, 5) is 50.2. The lowest BCUT2D eigenvalue weighted by atomic mass is 10.1. The van der Waals surface area contributed by atoms with Crippen LogP contribution in [0.5, 0.6) is 0 Å². The maximum absolute atomic E-state index is 12.1. The molecule has 116 valence electrons. The van der Waals surface area contributed by atoms with Crippen molar-refractivity contribution in [3.8, 4) is 0 Å². The number of esters is 1. The van der Waals surface area contributed by atoms with Gasteiger partial charge in [0.25, 0.3) is 5.78 Å². The van der Waals surface area contributed by atoms with Crippen molar-refractivity contribution in [1.82, 2.24) is 4.90 Å². The van der Waals surface area contributed by atoms with Crippen LogP contribution in [0.25, 0.3) is 0 Å². The summed E-state index contributed by atoms with van der Waals surface area (Å²) in [6.07, 6.45) is 0. The molecule has 0 aliphatic carbocycles. The molecule has 0 radical (unpaired) electrons. The van der Waals surface area contributed by atoms with Gasteiger partial charge in [-0.15, -0.1) is 0 Å². The third-order valence-electron chi connectivity index (χ3n) is 3.33. The molecule has 0 spiro atoms. The van der Waals surface area contributed by atoms with E-state index in [4.69, 9.17) is 4.74 Å². The van der Waals surface area contributed by atoms with Crippen LogP contribution in [-0.4, -0.2) is 55.2 Å². The molecular formula is C15H16N2O5. The Bertz CT molecular complexity index is 641. The third-order valence-corrected chi connectivity index (χ3v) is 3.33. The number of ether oxygens (including phenoxy) is 1. The Morgan fingerprint density at radius 1 is 1.14 bits per heavy atom. The van der Waals surface area contributed by atoms with Crippen molar-refractivity contribution in [3.05, 3.63) is 29.8 Å². The highest BCUT2D eigenvalue weighted by Crippen LogP contribution is 2.23. The van der Waals surface area contributed by atoms with Gasteiger partial charge in [-0.1, -0.05) is 12.1 Å². The lowest BCUT2D eigenvalue weighted by Gasteiger charge is -2.32. The van der Waals surface area contributed by atoms with E-state index in [1.807, 2.05) is 0 Å². The van der Waals surface area contributed by atoms with Crippen LogP contribution in [0.3, 0.4) is 0 Å². The van der Waals surface area contributed by atoms with Gasteiger partial charge in [-0.3, -0.25) is 14.4 Å².